The number of halogens is 2. The van der Waals surface area contributed by atoms with Crippen molar-refractivity contribution in [2.24, 2.45) is 0 Å². The van der Waals surface area contributed by atoms with Gasteiger partial charge in [-0.25, -0.2) is 4.39 Å². The Bertz CT molecular complexity index is 515. The number of hydrogen-bond acceptors (Lipinski definition) is 1. The number of phenolic OH excluding ortho intramolecular Hbond substituents is 1. The third kappa shape index (κ3) is 3.02. The van der Waals surface area contributed by atoms with E-state index < -0.39 is 0 Å². The van der Waals surface area contributed by atoms with Crippen molar-refractivity contribution in [3.05, 3.63) is 63.9 Å². The van der Waals surface area contributed by atoms with Gasteiger partial charge in [0.05, 0.1) is 0 Å². The molecule has 0 aliphatic heterocycles. The van der Waals surface area contributed by atoms with Gasteiger partial charge in [-0.1, -0.05) is 17.7 Å². The van der Waals surface area contributed by atoms with Gasteiger partial charge in [-0.3, -0.25) is 0 Å². The molecule has 0 radical (unpaired) electrons. The highest BCUT2D eigenvalue weighted by molar-refractivity contribution is 6.30. The topological polar surface area (TPSA) is 20.2 Å². The van der Waals surface area contributed by atoms with Crippen molar-refractivity contribution in [2.45, 2.75) is 19.8 Å². The lowest BCUT2D eigenvalue weighted by Gasteiger charge is -2.08. The predicted octanol–water partition coefficient (Wildman–Crippen LogP) is 4.28. The van der Waals surface area contributed by atoms with Gasteiger partial charge in [0, 0.05) is 5.02 Å². The number of aryl methyl sites for hydroxylation is 3. The quantitative estimate of drug-likeness (QED) is 0.877. The van der Waals surface area contributed by atoms with Crippen molar-refractivity contribution < 1.29 is 9.50 Å². The summed E-state index contributed by atoms with van der Waals surface area (Å²) in [4.78, 5) is 0. The fourth-order valence-corrected chi connectivity index (χ4v) is 2.13. The van der Waals surface area contributed by atoms with E-state index in [1.54, 1.807) is 24.3 Å². The molecule has 3 heteroatoms. The number of aromatic hydroxyl groups is 1. The number of rotatable bonds is 3. The Kier molecular flexibility index (Phi) is 3.87. The van der Waals surface area contributed by atoms with Gasteiger partial charge in [0.25, 0.3) is 0 Å². The molecule has 0 heterocycles. The van der Waals surface area contributed by atoms with E-state index in [9.17, 15) is 9.50 Å². The summed E-state index contributed by atoms with van der Waals surface area (Å²) in [6, 6.07) is 9.73. The third-order valence-electron chi connectivity index (χ3n) is 3.02. The highest BCUT2D eigenvalue weighted by atomic mass is 35.5. The number of phenols is 1. The minimum Gasteiger partial charge on any atom is -0.508 e. The maximum absolute atomic E-state index is 13.1. The van der Waals surface area contributed by atoms with E-state index in [0.29, 0.717) is 17.9 Å². The van der Waals surface area contributed by atoms with E-state index in [1.807, 2.05) is 6.92 Å². The van der Waals surface area contributed by atoms with Crippen LogP contribution in [0.5, 0.6) is 5.75 Å². The summed E-state index contributed by atoms with van der Waals surface area (Å²) in [5.74, 6) is -0.000581. The number of benzene rings is 2. The summed E-state index contributed by atoms with van der Waals surface area (Å²) in [5, 5.41) is 10.3. The van der Waals surface area contributed by atoms with Crippen molar-refractivity contribution in [1.29, 1.82) is 0 Å². The van der Waals surface area contributed by atoms with Gasteiger partial charge >= 0.3 is 0 Å². The molecule has 0 amide bonds. The molecule has 0 aromatic heterocycles. The summed E-state index contributed by atoms with van der Waals surface area (Å²) in [6.07, 6.45) is 1.31. The highest BCUT2D eigenvalue weighted by Gasteiger charge is 2.05. The number of hydrogen-bond donors (Lipinski definition) is 1. The molecule has 94 valence electrons. The van der Waals surface area contributed by atoms with Crippen LogP contribution in [0.25, 0.3) is 0 Å². The second-order valence-electron chi connectivity index (χ2n) is 4.34. The Hall–Kier alpha value is -1.54. The first-order chi connectivity index (χ1) is 8.56. The monoisotopic (exact) mass is 264 g/mol. The van der Waals surface area contributed by atoms with E-state index in [-0.39, 0.29) is 11.6 Å². The molecule has 0 saturated heterocycles. The van der Waals surface area contributed by atoms with Crippen molar-refractivity contribution in [3.8, 4) is 5.75 Å². The van der Waals surface area contributed by atoms with Crippen LogP contribution < -0.4 is 0 Å². The largest absolute Gasteiger partial charge is 0.508 e. The fourth-order valence-electron chi connectivity index (χ4n) is 1.93. The smallest absolute Gasteiger partial charge is 0.123 e. The van der Waals surface area contributed by atoms with Gasteiger partial charge in [-0.05, 0) is 66.8 Å². The van der Waals surface area contributed by atoms with Crippen LogP contribution in [-0.2, 0) is 12.8 Å². The maximum atomic E-state index is 13.1. The van der Waals surface area contributed by atoms with Crippen molar-refractivity contribution in [2.75, 3.05) is 0 Å². The van der Waals surface area contributed by atoms with Gasteiger partial charge in [0.1, 0.15) is 11.6 Å². The molecule has 0 atom stereocenters. The van der Waals surface area contributed by atoms with Crippen LogP contribution in [0.2, 0.25) is 5.02 Å². The van der Waals surface area contributed by atoms with E-state index in [2.05, 4.69) is 0 Å². The van der Waals surface area contributed by atoms with Gasteiger partial charge in [-0.2, -0.15) is 0 Å². The zero-order chi connectivity index (χ0) is 13.1. The molecule has 1 nitrogen and oxygen atoms in total. The average Bonchev–Trinajstić information content (AvgIpc) is 2.34. The maximum Gasteiger partial charge on any atom is 0.123 e. The molecule has 18 heavy (non-hydrogen) atoms. The fraction of sp³-hybridized carbons (Fsp3) is 0.200. The zero-order valence-electron chi connectivity index (χ0n) is 10.1. The Labute approximate surface area is 111 Å². The molecule has 0 saturated carbocycles. The third-order valence-corrected chi connectivity index (χ3v) is 3.25. The molecule has 1 N–H and O–H groups in total. The standard InChI is InChI=1S/C15H14ClFO/c1-10-2-6-14(17)9-11(10)3-4-12-8-13(16)5-7-15(12)18/h2,5-9,18H,3-4H2,1H3. The van der Waals surface area contributed by atoms with Crippen molar-refractivity contribution in [1.82, 2.24) is 0 Å². The van der Waals surface area contributed by atoms with Crippen molar-refractivity contribution in [3.63, 3.8) is 0 Å². The Balaban J connectivity index is 2.16. The Morgan fingerprint density at radius 3 is 2.56 bits per heavy atom. The van der Waals surface area contributed by atoms with Crippen molar-refractivity contribution >= 4 is 11.6 Å². The van der Waals surface area contributed by atoms with E-state index in [1.165, 1.54) is 12.1 Å². The van der Waals surface area contributed by atoms with Gasteiger partial charge in [0.15, 0.2) is 0 Å². The van der Waals surface area contributed by atoms with Crippen LogP contribution in [0, 0.1) is 12.7 Å². The summed E-state index contributed by atoms with van der Waals surface area (Å²) in [5.41, 5.74) is 2.79. The average molecular weight is 265 g/mol. The van der Waals surface area contributed by atoms with Crippen LogP contribution >= 0.6 is 11.6 Å². The van der Waals surface area contributed by atoms with Crippen LogP contribution in [0.1, 0.15) is 16.7 Å². The molecule has 2 rings (SSSR count). The van der Waals surface area contributed by atoms with Gasteiger partial charge in [0.2, 0.25) is 0 Å². The first-order valence-corrected chi connectivity index (χ1v) is 6.16. The first kappa shape index (κ1) is 12.9. The van der Waals surface area contributed by atoms with E-state index >= 15 is 0 Å². The molecule has 2 aromatic rings. The molecule has 0 unspecified atom stereocenters. The van der Waals surface area contributed by atoms with Crippen LogP contribution in [0.15, 0.2) is 36.4 Å². The van der Waals surface area contributed by atoms with E-state index in [0.717, 1.165) is 16.7 Å². The Morgan fingerprint density at radius 1 is 1.06 bits per heavy atom. The molecule has 0 aliphatic rings. The molecule has 0 bridgehead atoms. The lowest BCUT2D eigenvalue weighted by molar-refractivity contribution is 0.468. The zero-order valence-corrected chi connectivity index (χ0v) is 10.8. The normalized spacial score (nSPS) is 10.6. The van der Waals surface area contributed by atoms with Crippen LogP contribution in [0.4, 0.5) is 4.39 Å². The predicted molar refractivity (Wildman–Crippen MR) is 71.7 cm³/mol. The summed E-state index contributed by atoms with van der Waals surface area (Å²) < 4.78 is 13.1. The second-order valence-corrected chi connectivity index (χ2v) is 4.78. The minimum atomic E-state index is -0.231. The van der Waals surface area contributed by atoms with Crippen LogP contribution in [0.3, 0.4) is 0 Å². The molecular weight excluding hydrogens is 251 g/mol. The van der Waals surface area contributed by atoms with E-state index in [4.69, 9.17) is 11.6 Å². The molecule has 0 aliphatic carbocycles. The second kappa shape index (κ2) is 5.40. The minimum absolute atomic E-state index is 0.230. The Morgan fingerprint density at radius 2 is 1.78 bits per heavy atom. The van der Waals surface area contributed by atoms with Crippen LogP contribution in [-0.4, -0.2) is 5.11 Å². The summed E-state index contributed by atoms with van der Waals surface area (Å²) in [6.45, 7) is 1.95. The van der Waals surface area contributed by atoms with Gasteiger partial charge in [-0.15, -0.1) is 0 Å². The molecule has 2 aromatic carbocycles. The molecule has 0 spiro atoms. The lowest BCUT2D eigenvalue weighted by Crippen LogP contribution is -1.95. The summed E-state index contributed by atoms with van der Waals surface area (Å²) in [7, 11) is 0. The molecular formula is C15H14ClFO. The first-order valence-electron chi connectivity index (χ1n) is 5.78. The molecule has 0 fully saturated rings. The van der Waals surface area contributed by atoms with Gasteiger partial charge < -0.3 is 5.11 Å². The summed E-state index contributed by atoms with van der Waals surface area (Å²) >= 11 is 5.88. The lowest BCUT2D eigenvalue weighted by atomic mass is 10.00. The highest BCUT2D eigenvalue weighted by Crippen LogP contribution is 2.23. The SMILES string of the molecule is Cc1ccc(F)cc1CCc1cc(Cl)ccc1O.